The monoisotopic (exact) mass is 533 g/mol. The first-order chi connectivity index (χ1) is 15.9. The standard InChI is InChI=1S/C20H16Cl2F3N5O3S/c1-33-10-29-18(11-4-5-27-17(26)6-11)19-16(7-12(21)9-28-19)30-34(31,32)13-2-3-15(22)14(8-13)20(23,24)25/h2-9,30H,10H2,1H3,(H2,26,27)/b29-18+. The minimum atomic E-state index is -4.85. The highest BCUT2D eigenvalue weighted by Crippen LogP contribution is 2.36. The van der Waals surface area contributed by atoms with Gasteiger partial charge >= 0.3 is 6.18 Å². The lowest BCUT2D eigenvalue weighted by Crippen LogP contribution is -2.19. The molecule has 3 rings (SSSR count). The van der Waals surface area contributed by atoms with Gasteiger partial charge in [0.25, 0.3) is 10.0 Å². The van der Waals surface area contributed by atoms with Crippen LogP contribution in [0.15, 0.2) is 58.7 Å². The van der Waals surface area contributed by atoms with E-state index in [1.54, 1.807) is 6.07 Å². The number of aromatic nitrogens is 2. The maximum Gasteiger partial charge on any atom is 0.417 e. The Kier molecular flexibility index (Phi) is 7.66. The third-order valence-corrected chi connectivity index (χ3v) is 6.18. The molecule has 0 spiro atoms. The third-order valence-electron chi connectivity index (χ3n) is 4.28. The molecular weight excluding hydrogens is 518 g/mol. The van der Waals surface area contributed by atoms with Crippen LogP contribution in [-0.2, 0) is 20.9 Å². The molecule has 1 aromatic carbocycles. The second-order valence-corrected chi connectivity index (χ2v) is 9.21. The molecule has 0 atom stereocenters. The SMILES string of the molecule is COC/N=C(\c1ccnc(N)c1)c1ncc(Cl)cc1NS(=O)(=O)c1ccc(Cl)c(C(F)(F)F)c1. The molecule has 0 amide bonds. The van der Waals surface area contributed by atoms with Crippen LogP contribution in [0.5, 0.6) is 0 Å². The molecule has 0 aliphatic carbocycles. The van der Waals surface area contributed by atoms with E-state index in [0.29, 0.717) is 11.6 Å². The second kappa shape index (κ2) is 10.1. The average molecular weight is 534 g/mol. The van der Waals surface area contributed by atoms with Crippen LogP contribution < -0.4 is 10.5 Å². The molecule has 3 aromatic rings. The molecule has 14 heteroatoms. The Morgan fingerprint density at radius 1 is 1.18 bits per heavy atom. The number of rotatable bonds is 7. The van der Waals surface area contributed by atoms with Crippen molar-refractivity contribution < 1.29 is 26.3 Å². The van der Waals surface area contributed by atoms with E-state index in [9.17, 15) is 21.6 Å². The molecular formula is C20H16Cl2F3N5O3S. The van der Waals surface area contributed by atoms with Crippen molar-refractivity contribution in [3.8, 4) is 0 Å². The Labute approximate surface area is 202 Å². The van der Waals surface area contributed by atoms with Crippen LogP contribution in [0, 0.1) is 0 Å². The van der Waals surface area contributed by atoms with Crippen LogP contribution in [0.25, 0.3) is 0 Å². The predicted octanol–water partition coefficient (Wildman–Crippen LogP) is 4.63. The van der Waals surface area contributed by atoms with Crippen molar-refractivity contribution in [1.29, 1.82) is 0 Å². The van der Waals surface area contributed by atoms with E-state index in [-0.39, 0.29) is 34.7 Å². The quantitative estimate of drug-likeness (QED) is 0.427. The van der Waals surface area contributed by atoms with Crippen molar-refractivity contribution in [3.63, 3.8) is 0 Å². The lowest BCUT2D eigenvalue weighted by atomic mass is 10.1. The zero-order chi connectivity index (χ0) is 25.1. The molecule has 34 heavy (non-hydrogen) atoms. The molecule has 0 fully saturated rings. The van der Waals surface area contributed by atoms with Gasteiger partial charge in [0.1, 0.15) is 18.2 Å². The first kappa shape index (κ1) is 25.7. The van der Waals surface area contributed by atoms with Crippen LogP contribution in [0.4, 0.5) is 24.7 Å². The van der Waals surface area contributed by atoms with Crippen LogP contribution >= 0.6 is 23.2 Å². The number of sulfonamides is 1. The molecule has 0 radical (unpaired) electrons. The van der Waals surface area contributed by atoms with Crippen LogP contribution in [0.2, 0.25) is 10.0 Å². The summed E-state index contributed by atoms with van der Waals surface area (Å²) in [5, 5.41) is -0.574. The van der Waals surface area contributed by atoms with Crippen molar-refractivity contribution in [1.82, 2.24) is 9.97 Å². The summed E-state index contributed by atoms with van der Waals surface area (Å²) in [5.41, 5.74) is 4.96. The fourth-order valence-corrected chi connectivity index (χ4v) is 4.29. The number of alkyl halides is 3. The number of hydrogen-bond acceptors (Lipinski definition) is 7. The molecule has 0 saturated heterocycles. The summed E-state index contributed by atoms with van der Waals surface area (Å²) in [6.45, 7) is -0.111. The van der Waals surface area contributed by atoms with Gasteiger partial charge in [-0.15, -0.1) is 0 Å². The van der Waals surface area contributed by atoms with Crippen molar-refractivity contribution in [2.24, 2.45) is 4.99 Å². The van der Waals surface area contributed by atoms with Crippen LogP contribution in [0.1, 0.15) is 16.8 Å². The first-order valence-electron chi connectivity index (χ1n) is 9.23. The van der Waals surface area contributed by atoms with Crippen LogP contribution in [-0.4, -0.2) is 37.9 Å². The first-order valence-corrected chi connectivity index (χ1v) is 11.5. The summed E-state index contributed by atoms with van der Waals surface area (Å²) in [4.78, 5) is 11.7. The average Bonchev–Trinajstić information content (AvgIpc) is 2.74. The number of nitrogens with zero attached hydrogens (tertiary/aromatic N) is 3. The van der Waals surface area contributed by atoms with Gasteiger partial charge in [-0.25, -0.2) is 13.4 Å². The Hall–Kier alpha value is -2.93. The molecule has 0 aliphatic heterocycles. The molecule has 3 N–H and O–H groups in total. The number of nitrogens with two attached hydrogens (primary N) is 1. The Balaban J connectivity index is 2.12. The zero-order valence-corrected chi connectivity index (χ0v) is 19.6. The van der Waals surface area contributed by atoms with Gasteiger partial charge in [0.05, 0.1) is 31.9 Å². The molecule has 0 bridgehead atoms. The maximum atomic E-state index is 13.2. The molecule has 8 nitrogen and oxygen atoms in total. The van der Waals surface area contributed by atoms with Crippen molar-refractivity contribution >= 4 is 50.4 Å². The molecule has 180 valence electrons. The predicted molar refractivity (Wildman–Crippen MR) is 123 cm³/mol. The van der Waals surface area contributed by atoms with E-state index in [2.05, 4.69) is 19.7 Å². The summed E-state index contributed by atoms with van der Waals surface area (Å²) < 4.78 is 72.9. The van der Waals surface area contributed by atoms with Gasteiger partial charge in [0.2, 0.25) is 0 Å². The van der Waals surface area contributed by atoms with E-state index in [4.69, 9.17) is 33.7 Å². The third kappa shape index (κ3) is 5.95. The Bertz CT molecular complexity index is 1350. The van der Waals surface area contributed by atoms with Crippen LogP contribution in [0.3, 0.4) is 0 Å². The van der Waals surface area contributed by atoms with Crippen molar-refractivity contribution in [3.05, 3.63) is 75.7 Å². The number of hydrogen-bond donors (Lipinski definition) is 2. The highest BCUT2D eigenvalue weighted by atomic mass is 35.5. The number of halogens is 5. The smallest absolute Gasteiger partial charge is 0.384 e. The van der Waals surface area contributed by atoms with E-state index < -0.39 is 31.7 Å². The Morgan fingerprint density at radius 2 is 1.91 bits per heavy atom. The number of aliphatic imine (C=N–C) groups is 1. The summed E-state index contributed by atoms with van der Waals surface area (Å²) in [5.74, 6) is 0.166. The lowest BCUT2D eigenvalue weighted by molar-refractivity contribution is -0.137. The second-order valence-electron chi connectivity index (χ2n) is 6.69. The van der Waals surface area contributed by atoms with E-state index in [1.165, 1.54) is 31.6 Å². The number of methoxy groups -OCH3 is 1. The van der Waals surface area contributed by atoms with E-state index in [0.717, 1.165) is 12.1 Å². The summed E-state index contributed by atoms with van der Waals surface area (Å²) in [7, 11) is -3.12. The minimum absolute atomic E-state index is 0.0284. The lowest BCUT2D eigenvalue weighted by Gasteiger charge is -2.16. The van der Waals surface area contributed by atoms with Crippen molar-refractivity contribution in [2.45, 2.75) is 11.1 Å². The van der Waals surface area contributed by atoms with Gasteiger partial charge in [0.15, 0.2) is 0 Å². The largest absolute Gasteiger partial charge is 0.417 e. The number of nitrogens with one attached hydrogen (secondary N) is 1. The number of nitrogen functional groups attached to an aromatic ring is 1. The number of benzene rings is 1. The van der Waals surface area contributed by atoms with E-state index >= 15 is 0 Å². The summed E-state index contributed by atoms with van der Waals surface area (Å²) in [6.07, 6.45) is -2.18. The van der Waals surface area contributed by atoms with E-state index in [1.807, 2.05) is 0 Å². The summed E-state index contributed by atoms with van der Waals surface area (Å²) >= 11 is 11.6. The summed E-state index contributed by atoms with van der Waals surface area (Å²) in [6, 6.07) is 6.52. The van der Waals surface area contributed by atoms with Gasteiger partial charge in [0, 0.05) is 25.1 Å². The molecule has 0 aliphatic rings. The fraction of sp³-hybridized carbons (Fsp3) is 0.150. The van der Waals surface area contributed by atoms with Gasteiger partial charge in [-0.1, -0.05) is 23.2 Å². The highest BCUT2D eigenvalue weighted by Gasteiger charge is 2.34. The Morgan fingerprint density at radius 3 is 2.56 bits per heavy atom. The van der Waals surface area contributed by atoms with Crippen molar-refractivity contribution in [2.75, 3.05) is 24.3 Å². The zero-order valence-electron chi connectivity index (χ0n) is 17.3. The number of anilines is 2. The maximum absolute atomic E-state index is 13.2. The van der Waals surface area contributed by atoms with Gasteiger partial charge < -0.3 is 10.5 Å². The van der Waals surface area contributed by atoms with Gasteiger partial charge in [-0.05, 0) is 36.4 Å². The highest BCUT2D eigenvalue weighted by molar-refractivity contribution is 7.92. The number of pyridine rings is 2. The fourth-order valence-electron chi connectivity index (χ4n) is 2.83. The molecule has 2 aromatic heterocycles. The number of ether oxygens (including phenoxy) is 1. The van der Waals surface area contributed by atoms with Gasteiger partial charge in [-0.3, -0.25) is 14.7 Å². The topological polar surface area (TPSA) is 120 Å². The normalized spacial score (nSPS) is 12.6. The minimum Gasteiger partial charge on any atom is -0.384 e. The molecule has 0 saturated carbocycles. The van der Waals surface area contributed by atoms with Gasteiger partial charge in [-0.2, -0.15) is 13.2 Å². The molecule has 0 unspecified atom stereocenters. The molecule has 2 heterocycles.